The first-order valence-corrected chi connectivity index (χ1v) is 30.3. The third-order valence-corrected chi connectivity index (χ3v) is 18.7. The van der Waals surface area contributed by atoms with Crippen LogP contribution < -0.4 is 37.9 Å². The van der Waals surface area contributed by atoms with Crippen LogP contribution in [-0.4, -0.2) is 58.3 Å². The van der Waals surface area contributed by atoms with Crippen molar-refractivity contribution in [2.24, 2.45) is 0 Å². The van der Waals surface area contributed by atoms with Crippen molar-refractivity contribution in [2.75, 3.05) is 0 Å². The number of thioether (sulfide) groups is 2. The van der Waals surface area contributed by atoms with Crippen LogP contribution in [0.4, 0.5) is 0 Å². The fourth-order valence-corrected chi connectivity index (χ4v) is 14.8. The zero-order chi connectivity index (χ0) is 58.6. The first-order chi connectivity index (χ1) is 37.8. The zero-order valence-corrected chi connectivity index (χ0v) is 51.8. The topological polar surface area (TPSA) is 210 Å². The van der Waals surface area contributed by atoms with Gasteiger partial charge >= 0.3 is 47.8 Å². The predicted molar refractivity (Wildman–Crippen MR) is 309 cm³/mol. The van der Waals surface area contributed by atoms with Crippen LogP contribution in [0.3, 0.4) is 0 Å². The molecule has 7 rings (SSSR count). The van der Waals surface area contributed by atoms with Crippen LogP contribution in [0.5, 0.6) is 46.0 Å². The number of carbonyl (C=O) groups is 8. The second-order valence-electron chi connectivity index (χ2n) is 20.5. The van der Waals surface area contributed by atoms with Gasteiger partial charge in [0.1, 0.15) is 31.9 Å². The second kappa shape index (κ2) is 26.5. The average molecular weight is 1270 g/mol. The normalized spacial score (nSPS) is 18.0. The summed E-state index contributed by atoms with van der Waals surface area (Å²) in [4.78, 5) is 107. The molecule has 8 bridgehead atoms. The van der Waals surface area contributed by atoms with Gasteiger partial charge in [0.15, 0.2) is 23.0 Å². The smallest absolute Gasteiger partial charge is 0.308 e. The van der Waals surface area contributed by atoms with Crippen LogP contribution in [0.15, 0.2) is 33.2 Å². The largest absolute Gasteiger partial charge is 0.426 e. The Balaban J connectivity index is 1.77. The summed E-state index contributed by atoms with van der Waals surface area (Å²) >= 11 is 10.7. The third kappa shape index (κ3) is 14.0. The quantitative estimate of drug-likeness (QED) is 0.0848. The minimum Gasteiger partial charge on any atom is -0.426 e. The molecule has 0 aliphatic heterocycles. The third-order valence-electron chi connectivity index (χ3n) is 14.5. The fraction of sp³-hybridized carbons (Fsp3) is 0.467. The number of fused-ring (bicyclic) bond motifs is 8. The van der Waals surface area contributed by atoms with Gasteiger partial charge in [0, 0.05) is 157 Å². The lowest BCUT2D eigenvalue weighted by molar-refractivity contribution is -0.133. The summed E-state index contributed by atoms with van der Waals surface area (Å²) in [6, 6.07) is 6.92. The minimum absolute atomic E-state index is 0.0345. The summed E-state index contributed by atoms with van der Waals surface area (Å²) in [5.41, 5.74) is 3.61. The number of carbonyl (C=O) groups excluding carboxylic acids is 8. The molecule has 2 fully saturated rings. The van der Waals surface area contributed by atoms with Crippen LogP contribution in [0.1, 0.15) is 214 Å². The maximum absolute atomic E-state index is 13.5. The Morgan fingerprint density at radius 3 is 0.713 bits per heavy atom. The molecule has 0 spiro atoms. The Morgan fingerprint density at radius 2 is 0.525 bits per heavy atom. The molecule has 0 amide bonds. The van der Waals surface area contributed by atoms with Gasteiger partial charge in [0.25, 0.3) is 0 Å². The highest BCUT2D eigenvalue weighted by atomic mass is 79.9. The summed E-state index contributed by atoms with van der Waals surface area (Å²) < 4.78 is 49.6. The van der Waals surface area contributed by atoms with Gasteiger partial charge in [0.2, 0.25) is 0 Å². The molecule has 3 aliphatic carbocycles. The van der Waals surface area contributed by atoms with E-state index in [1.807, 2.05) is 27.7 Å². The monoisotopic (exact) mass is 1260 g/mol. The van der Waals surface area contributed by atoms with Gasteiger partial charge in [-0.25, -0.2) is 0 Å². The molecule has 2 saturated carbocycles. The summed E-state index contributed by atoms with van der Waals surface area (Å²) in [7, 11) is 0. The standard InChI is InChI=1S/C60H66Br2O16S2/c1-27-41-21-42(54(72-32(6)64)49(53(41)71-31(5)63)25-79-39-17-13-14-18-39)28(2)47-24-48(60(78-38(12)70)52(62)59(47)77-37(11)69)30(4)44-22-43(29(3)46-23-45(27)57(75-35(9)67)51(61)58(46)76-36(10)68)55(73-33(7)65)50(56(44)74-34(8)66)26-80-40-19-15-16-20-40/h21-24,27-30,39-40H,13-20,25-26H2,1-12H3. The molecular formula is C60H66Br2O16S2. The highest BCUT2D eigenvalue weighted by Crippen LogP contribution is 2.57. The van der Waals surface area contributed by atoms with Crippen LogP contribution in [0.2, 0.25) is 0 Å². The van der Waals surface area contributed by atoms with Crippen LogP contribution >= 0.6 is 55.4 Å². The molecule has 0 heterocycles. The van der Waals surface area contributed by atoms with Crippen molar-refractivity contribution in [1.82, 2.24) is 0 Å². The molecule has 0 radical (unpaired) electrons. The van der Waals surface area contributed by atoms with Gasteiger partial charge in [-0.2, -0.15) is 23.5 Å². The Hall–Kier alpha value is -5.70. The van der Waals surface area contributed by atoms with Crippen LogP contribution in [0.25, 0.3) is 0 Å². The first-order valence-electron chi connectivity index (χ1n) is 26.6. The van der Waals surface area contributed by atoms with E-state index in [0.29, 0.717) is 55.6 Å². The summed E-state index contributed by atoms with van der Waals surface area (Å²) in [5.74, 6) is -8.62. The maximum atomic E-state index is 13.5. The highest BCUT2D eigenvalue weighted by molar-refractivity contribution is 9.11. The molecule has 4 aromatic carbocycles. The van der Waals surface area contributed by atoms with Crippen molar-refractivity contribution in [3.63, 3.8) is 0 Å². The Labute approximate surface area is 491 Å². The Morgan fingerprint density at radius 1 is 0.350 bits per heavy atom. The van der Waals surface area contributed by atoms with Crippen LogP contribution in [0, 0.1) is 0 Å². The number of hydrogen-bond acceptors (Lipinski definition) is 18. The molecule has 80 heavy (non-hydrogen) atoms. The Bertz CT molecular complexity index is 2790. The molecule has 0 saturated heterocycles. The lowest BCUT2D eigenvalue weighted by atomic mass is 9.79. The van der Waals surface area contributed by atoms with Crippen molar-refractivity contribution in [2.45, 2.75) is 180 Å². The molecule has 3 aliphatic rings. The number of hydrogen-bond donors (Lipinski definition) is 0. The van der Waals surface area contributed by atoms with Crippen molar-refractivity contribution < 1.29 is 76.3 Å². The van der Waals surface area contributed by atoms with E-state index in [0.717, 1.165) is 51.4 Å². The van der Waals surface area contributed by atoms with Crippen molar-refractivity contribution in [3.05, 3.63) is 88.8 Å². The van der Waals surface area contributed by atoms with Gasteiger partial charge in [-0.3, -0.25) is 38.4 Å². The molecule has 20 heteroatoms. The van der Waals surface area contributed by atoms with E-state index in [2.05, 4.69) is 31.9 Å². The molecule has 4 aromatic rings. The number of ether oxygens (including phenoxy) is 8. The second-order valence-corrected chi connectivity index (χ2v) is 24.7. The fourth-order valence-electron chi connectivity index (χ4n) is 10.9. The van der Waals surface area contributed by atoms with Crippen molar-refractivity contribution in [3.8, 4) is 46.0 Å². The summed E-state index contributed by atoms with van der Waals surface area (Å²) in [5, 5.41) is 0.443. The lowest BCUT2D eigenvalue weighted by Crippen LogP contribution is -2.19. The molecular weight excluding hydrogens is 1200 g/mol. The number of rotatable bonds is 14. The zero-order valence-electron chi connectivity index (χ0n) is 46.9. The predicted octanol–water partition coefficient (Wildman–Crippen LogP) is 13.9. The van der Waals surface area contributed by atoms with E-state index in [1.165, 1.54) is 55.4 Å². The van der Waals surface area contributed by atoms with Gasteiger partial charge in [0.05, 0.1) is 0 Å². The minimum atomic E-state index is -0.900. The molecule has 428 valence electrons. The van der Waals surface area contributed by atoms with Crippen LogP contribution in [-0.2, 0) is 49.9 Å². The molecule has 4 unspecified atom stereocenters. The van der Waals surface area contributed by atoms with E-state index in [-0.39, 0.29) is 76.9 Å². The first kappa shape index (κ1) is 61.9. The highest BCUT2D eigenvalue weighted by Gasteiger charge is 2.39. The lowest BCUT2D eigenvalue weighted by Gasteiger charge is -2.31. The maximum Gasteiger partial charge on any atom is 0.308 e. The average Bonchev–Trinajstić information content (AvgIpc) is 4.10. The van der Waals surface area contributed by atoms with Gasteiger partial charge in [-0.1, -0.05) is 53.4 Å². The van der Waals surface area contributed by atoms with E-state index >= 15 is 0 Å². The van der Waals surface area contributed by atoms with Gasteiger partial charge in [-0.15, -0.1) is 0 Å². The number of halogens is 2. The number of benzene rings is 4. The van der Waals surface area contributed by atoms with Crippen molar-refractivity contribution >= 4 is 103 Å². The summed E-state index contributed by atoms with van der Waals surface area (Å²) in [6.07, 6.45) is 7.82. The summed E-state index contributed by atoms with van der Waals surface area (Å²) in [6.45, 7) is 17.2. The molecule has 4 atom stereocenters. The molecule has 16 nitrogen and oxygen atoms in total. The molecule has 0 N–H and O–H groups in total. The van der Waals surface area contributed by atoms with E-state index in [4.69, 9.17) is 37.9 Å². The number of esters is 8. The van der Waals surface area contributed by atoms with Gasteiger partial charge in [-0.05, 0) is 81.8 Å². The Kier molecular flexibility index (Phi) is 20.5. The SMILES string of the molecule is CC(=O)Oc1c2cc(c(OC(C)=O)c1Br)C(C)c1cc(c(OC(C)=O)c(CSC3CCCC3)c1OC(C)=O)C(C)c1cc(c(OC(C)=O)c(Br)c1OC(C)=O)C(C)c1cc(c(OC(C)=O)c(CSC3CCCC3)c1OC(C)=O)C2C. The van der Waals surface area contributed by atoms with E-state index in [9.17, 15) is 38.4 Å². The van der Waals surface area contributed by atoms with E-state index in [1.54, 1.807) is 47.8 Å². The van der Waals surface area contributed by atoms with E-state index < -0.39 is 71.4 Å². The van der Waals surface area contributed by atoms with Crippen molar-refractivity contribution in [1.29, 1.82) is 0 Å². The molecule has 0 aromatic heterocycles. The van der Waals surface area contributed by atoms with Gasteiger partial charge < -0.3 is 37.9 Å².